The van der Waals surface area contributed by atoms with Gasteiger partial charge in [-0.25, -0.2) is 0 Å². The summed E-state index contributed by atoms with van der Waals surface area (Å²) in [7, 11) is 0. The first-order chi connectivity index (χ1) is 9.20. The second-order valence-electron chi connectivity index (χ2n) is 5.12. The number of benzene rings is 1. The number of hydrogen-bond donors (Lipinski definition) is 0. The Bertz CT molecular complexity index is 484. The van der Waals surface area contributed by atoms with E-state index in [-0.39, 0.29) is 11.9 Å². The van der Waals surface area contributed by atoms with Crippen LogP contribution < -0.4 is 0 Å². The van der Waals surface area contributed by atoms with Crippen molar-refractivity contribution in [2.75, 3.05) is 6.61 Å². The van der Waals surface area contributed by atoms with E-state index in [0.717, 1.165) is 37.0 Å². The second kappa shape index (κ2) is 6.49. The minimum atomic E-state index is -0.638. The maximum absolute atomic E-state index is 12.2. The normalized spacial score (nSPS) is 19.9. The van der Waals surface area contributed by atoms with E-state index in [2.05, 4.69) is 6.07 Å². The van der Waals surface area contributed by atoms with Crippen LogP contribution in [-0.2, 0) is 9.53 Å². The molecule has 1 aliphatic heterocycles. The predicted octanol–water partition coefficient (Wildman–Crippen LogP) is 3.13. The Morgan fingerprint density at radius 1 is 1.58 bits per heavy atom. The molecular weight excluding hydrogens is 238 g/mol. The van der Waals surface area contributed by atoms with Gasteiger partial charge in [0, 0.05) is 13.0 Å². The third-order valence-corrected chi connectivity index (χ3v) is 3.56. The van der Waals surface area contributed by atoms with E-state index in [0.29, 0.717) is 6.42 Å². The van der Waals surface area contributed by atoms with Gasteiger partial charge in [-0.05, 0) is 31.7 Å². The molecule has 0 N–H and O–H groups in total. The zero-order valence-electron chi connectivity index (χ0n) is 11.3. The fourth-order valence-corrected chi connectivity index (χ4v) is 2.50. The molecule has 0 aromatic heterocycles. The summed E-state index contributed by atoms with van der Waals surface area (Å²) in [5, 5.41) is 9.23. The van der Waals surface area contributed by atoms with E-state index in [4.69, 9.17) is 4.74 Å². The highest BCUT2D eigenvalue weighted by molar-refractivity contribution is 5.88. The monoisotopic (exact) mass is 257 g/mol. The number of carbonyl (C=O) groups is 1. The van der Waals surface area contributed by atoms with Gasteiger partial charge in [0.15, 0.2) is 5.78 Å². The molecule has 2 rings (SSSR count). The summed E-state index contributed by atoms with van der Waals surface area (Å²) in [6.07, 6.45) is 3.49. The maximum atomic E-state index is 12.2. The summed E-state index contributed by atoms with van der Waals surface area (Å²) >= 11 is 0. The Hall–Kier alpha value is -1.66. The standard InChI is InChI=1S/C16H19NO2/c1-12-4-2-5-13(10-12)15(11-17)16(18)8-7-14-6-3-9-19-14/h2,4-5,10,14-15H,3,6-9H2,1H3. The lowest BCUT2D eigenvalue weighted by atomic mass is 9.92. The highest BCUT2D eigenvalue weighted by Gasteiger charge is 2.23. The van der Waals surface area contributed by atoms with Gasteiger partial charge in [-0.3, -0.25) is 4.79 Å². The lowest BCUT2D eigenvalue weighted by Crippen LogP contribution is -2.14. The van der Waals surface area contributed by atoms with Crippen LogP contribution in [0.5, 0.6) is 0 Å². The number of carbonyl (C=O) groups excluding carboxylic acids is 1. The van der Waals surface area contributed by atoms with Crippen LogP contribution in [0.15, 0.2) is 24.3 Å². The molecule has 2 unspecified atom stereocenters. The van der Waals surface area contributed by atoms with E-state index in [1.807, 2.05) is 31.2 Å². The number of rotatable bonds is 5. The third-order valence-electron chi connectivity index (χ3n) is 3.56. The largest absolute Gasteiger partial charge is 0.378 e. The Balaban J connectivity index is 1.97. The molecule has 1 aromatic carbocycles. The van der Waals surface area contributed by atoms with Crippen LogP contribution in [0.2, 0.25) is 0 Å². The molecule has 3 heteroatoms. The van der Waals surface area contributed by atoms with Crippen LogP contribution in [0.4, 0.5) is 0 Å². The predicted molar refractivity (Wildman–Crippen MR) is 72.7 cm³/mol. The lowest BCUT2D eigenvalue weighted by Gasteiger charge is -2.12. The number of hydrogen-bond acceptors (Lipinski definition) is 3. The molecule has 1 aliphatic rings. The van der Waals surface area contributed by atoms with Crippen molar-refractivity contribution in [2.24, 2.45) is 0 Å². The van der Waals surface area contributed by atoms with Gasteiger partial charge < -0.3 is 4.74 Å². The first-order valence-electron chi connectivity index (χ1n) is 6.81. The van der Waals surface area contributed by atoms with E-state index in [1.165, 1.54) is 0 Å². The molecule has 1 saturated heterocycles. The Morgan fingerprint density at radius 3 is 3.05 bits per heavy atom. The SMILES string of the molecule is Cc1cccc(C(C#N)C(=O)CCC2CCCO2)c1. The Labute approximate surface area is 114 Å². The maximum Gasteiger partial charge on any atom is 0.154 e. The Kier molecular flexibility index (Phi) is 4.70. The summed E-state index contributed by atoms with van der Waals surface area (Å²) in [4.78, 5) is 12.2. The van der Waals surface area contributed by atoms with Crippen molar-refractivity contribution >= 4 is 5.78 Å². The van der Waals surface area contributed by atoms with Gasteiger partial charge in [0.25, 0.3) is 0 Å². The van der Waals surface area contributed by atoms with E-state index in [9.17, 15) is 10.1 Å². The number of aryl methyl sites for hydroxylation is 1. The Morgan fingerprint density at radius 2 is 2.42 bits per heavy atom. The van der Waals surface area contributed by atoms with E-state index < -0.39 is 5.92 Å². The van der Waals surface area contributed by atoms with Gasteiger partial charge in [-0.2, -0.15) is 5.26 Å². The molecule has 0 amide bonds. The lowest BCUT2D eigenvalue weighted by molar-refractivity contribution is -0.120. The molecular formula is C16H19NO2. The van der Waals surface area contributed by atoms with Gasteiger partial charge in [0.2, 0.25) is 0 Å². The molecule has 2 atom stereocenters. The summed E-state index contributed by atoms with van der Waals surface area (Å²) in [6.45, 7) is 2.77. The van der Waals surface area contributed by atoms with Gasteiger partial charge in [0.05, 0.1) is 12.2 Å². The molecule has 100 valence electrons. The summed E-state index contributed by atoms with van der Waals surface area (Å²) in [5.41, 5.74) is 1.88. The van der Waals surface area contributed by atoms with Gasteiger partial charge in [0.1, 0.15) is 5.92 Å². The molecule has 19 heavy (non-hydrogen) atoms. The number of ether oxygens (including phenoxy) is 1. The minimum Gasteiger partial charge on any atom is -0.378 e. The molecule has 0 saturated carbocycles. The first-order valence-corrected chi connectivity index (χ1v) is 6.81. The van der Waals surface area contributed by atoms with Crippen LogP contribution in [-0.4, -0.2) is 18.5 Å². The average molecular weight is 257 g/mol. The molecule has 1 aromatic rings. The molecule has 0 aliphatic carbocycles. The molecule has 0 spiro atoms. The van der Waals surface area contributed by atoms with Crippen LogP contribution >= 0.6 is 0 Å². The number of nitrogens with zero attached hydrogens (tertiary/aromatic N) is 1. The van der Waals surface area contributed by atoms with Gasteiger partial charge in [-0.1, -0.05) is 29.8 Å². The van der Waals surface area contributed by atoms with Crippen molar-refractivity contribution in [3.8, 4) is 6.07 Å². The average Bonchev–Trinajstić information content (AvgIpc) is 2.90. The minimum absolute atomic E-state index is 0.00333. The first kappa shape index (κ1) is 13.8. The number of ketones is 1. The van der Waals surface area contributed by atoms with Crippen molar-refractivity contribution in [3.63, 3.8) is 0 Å². The molecule has 3 nitrogen and oxygen atoms in total. The van der Waals surface area contributed by atoms with Crippen molar-refractivity contribution < 1.29 is 9.53 Å². The van der Waals surface area contributed by atoms with Crippen LogP contribution in [0.3, 0.4) is 0 Å². The van der Waals surface area contributed by atoms with Crippen LogP contribution in [0.25, 0.3) is 0 Å². The summed E-state index contributed by atoms with van der Waals surface area (Å²) < 4.78 is 5.51. The fraction of sp³-hybridized carbons (Fsp3) is 0.500. The molecule has 0 radical (unpaired) electrons. The van der Waals surface area contributed by atoms with Crippen molar-refractivity contribution in [1.82, 2.24) is 0 Å². The van der Waals surface area contributed by atoms with Gasteiger partial charge >= 0.3 is 0 Å². The van der Waals surface area contributed by atoms with Crippen LogP contribution in [0, 0.1) is 18.3 Å². The second-order valence-corrected chi connectivity index (χ2v) is 5.12. The topological polar surface area (TPSA) is 50.1 Å². The zero-order chi connectivity index (χ0) is 13.7. The van der Waals surface area contributed by atoms with E-state index in [1.54, 1.807) is 0 Å². The molecule has 0 bridgehead atoms. The van der Waals surface area contributed by atoms with Crippen molar-refractivity contribution in [1.29, 1.82) is 5.26 Å². The third kappa shape index (κ3) is 3.65. The number of Topliss-reactive ketones (excluding diaryl/α,β-unsaturated/α-hetero) is 1. The summed E-state index contributed by atoms with van der Waals surface area (Å²) in [6, 6.07) is 9.76. The quantitative estimate of drug-likeness (QED) is 0.814. The van der Waals surface area contributed by atoms with Crippen molar-refractivity contribution in [2.45, 2.75) is 44.6 Å². The van der Waals surface area contributed by atoms with Crippen molar-refractivity contribution in [3.05, 3.63) is 35.4 Å². The molecule has 1 fully saturated rings. The fourth-order valence-electron chi connectivity index (χ4n) is 2.50. The molecule has 1 heterocycles. The summed E-state index contributed by atoms with van der Waals surface area (Å²) in [5.74, 6) is -0.634. The van der Waals surface area contributed by atoms with Gasteiger partial charge in [-0.15, -0.1) is 0 Å². The van der Waals surface area contributed by atoms with E-state index >= 15 is 0 Å². The highest BCUT2D eigenvalue weighted by atomic mass is 16.5. The number of nitriles is 1. The highest BCUT2D eigenvalue weighted by Crippen LogP contribution is 2.22. The van der Waals surface area contributed by atoms with Crippen LogP contribution in [0.1, 0.15) is 42.7 Å². The zero-order valence-corrected chi connectivity index (χ0v) is 11.3. The smallest absolute Gasteiger partial charge is 0.154 e.